The third kappa shape index (κ3) is 1.45. The van der Waals surface area contributed by atoms with Gasteiger partial charge in [-0.25, -0.2) is 0 Å². The van der Waals surface area contributed by atoms with Gasteiger partial charge in [0.1, 0.15) is 5.15 Å². The Kier molecular flexibility index (Phi) is 1.85. The van der Waals surface area contributed by atoms with Crippen molar-refractivity contribution < 1.29 is 0 Å². The van der Waals surface area contributed by atoms with Crippen LogP contribution >= 0.6 is 11.6 Å². The molecule has 0 bridgehead atoms. The van der Waals surface area contributed by atoms with Crippen molar-refractivity contribution in [1.82, 2.24) is 4.98 Å². The fraction of sp³-hybridized carbons (Fsp3) is 0.100. The van der Waals surface area contributed by atoms with Crippen LogP contribution in [-0.4, -0.2) is 4.98 Å². The number of hydrogen-bond donors (Lipinski definition) is 1. The van der Waals surface area contributed by atoms with Crippen LogP contribution in [0.25, 0.3) is 10.9 Å². The smallest absolute Gasteiger partial charge is 0.190 e. The minimum atomic E-state index is -0.0394. The molecule has 0 atom stereocenters. The van der Waals surface area contributed by atoms with E-state index in [0.29, 0.717) is 10.5 Å². The topological polar surface area (TPSA) is 32.9 Å². The van der Waals surface area contributed by atoms with Crippen molar-refractivity contribution in [3.63, 3.8) is 0 Å². The molecule has 0 saturated heterocycles. The average molecular weight is 194 g/mol. The Labute approximate surface area is 80.2 Å². The molecule has 0 spiro atoms. The third-order valence-electron chi connectivity index (χ3n) is 1.95. The van der Waals surface area contributed by atoms with Crippen molar-refractivity contribution in [1.29, 1.82) is 0 Å². The number of halogens is 1. The van der Waals surface area contributed by atoms with E-state index in [0.717, 1.165) is 11.1 Å². The number of aryl methyl sites for hydroxylation is 1. The molecule has 66 valence electrons. The number of fused-ring (bicyclic) bond motifs is 1. The summed E-state index contributed by atoms with van der Waals surface area (Å²) in [6, 6.07) is 7.04. The van der Waals surface area contributed by atoms with Crippen molar-refractivity contribution in [2.45, 2.75) is 6.92 Å². The maximum atomic E-state index is 11.4. The number of hydrogen-bond acceptors (Lipinski definition) is 1. The highest BCUT2D eigenvalue weighted by molar-refractivity contribution is 6.29. The second kappa shape index (κ2) is 2.89. The minimum absolute atomic E-state index is 0.0394. The van der Waals surface area contributed by atoms with Crippen LogP contribution in [0.1, 0.15) is 5.56 Å². The van der Waals surface area contributed by atoms with Crippen LogP contribution in [0.15, 0.2) is 29.1 Å². The first kappa shape index (κ1) is 8.32. The summed E-state index contributed by atoms with van der Waals surface area (Å²) in [6.45, 7) is 1.95. The molecule has 0 radical (unpaired) electrons. The standard InChI is InChI=1S/C10H8ClNO/c1-6-2-3-8-7(4-6)9(13)5-10(11)12-8/h2-5H,1H3,(H,12,13). The van der Waals surface area contributed by atoms with Gasteiger partial charge in [-0.15, -0.1) is 0 Å². The van der Waals surface area contributed by atoms with E-state index in [4.69, 9.17) is 11.6 Å². The van der Waals surface area contributed by atoms with Gasteiger partial charge in [0.25, 0.3) is 0 Å². The third-order valence-corrected chi connectivity index (χ3v) is 2.16. The molecule has 13 heavy (non-hydrogen) atoms. The Bertz CT molecular complexity index is 516. The van der Waals surface area contributed by atoms with Crippen LogP contribution in [0.5, 0.6) is 0 Å². The van der Waals surface area contributed by atoms with Gasteiger partial charge >= 0.3 is 0 Å². The Hall–Kier alpha value is -1.28. The number of benzene rings is 1. The van der Waals surface area contributed by atoms with Gasteiger partial charge in [0.05, 0.1) is 5.52 Å². The summed E-state index contributed by atoms with van der Waals surface area (Å²) in [4.78, 5) is 14.4. The van der Waals surface area contributed by atoms with E-state index in [1.807, 2.05) is 25.1 Å². The maximum absolute atomic E-state index is 11.4. The van der Waals surface area contributed by atoms with E-state index in [1.165, 1.54) is 6.07 Å². The van der Waals surface area contributed by atoms with Crippen LogP contribution in [0.3, 0.4) is 0 Å². The molecule has 0 fully saturated rings. The highest BCUT2D eigenvalue weighted by Gasteiger charge is 1.99. The summed E-state index contributed by atoms with van der Waals surface area (Å²) in [5.41, 5.74) is 1.81. The molecule has 2 rings (SSSR count). The van der Waals surface area contributed by atoms with Gasteiger partial charge in [-0.1, -0.05) is 23.2 Å². The molecule has 1 N–H and O–H groups in total. The zero-order valence-electron chi connectivity index (χ0n) is 7.10. The first-order chi connectivity index (χ1) is 6.16. The van der Waals surface area contributed by atoms with E-state index >= 15 is 0 Å². The minimum Gasteiger partial charge on any atom is -0.345 e. The lowest BCUT2D eigenvalue weighted by atomic mass is 10.1. The van der Waals surface area contributed by atoms with Gasteiger partial charge in [-0.05, 0) is 19.1 Å². The average Bonchev–Trinajstić information content (AvgIpc) is 2.06. The Balaban J connectivity index is 2.95. The van der Waals surface area contributed by atoms with Gasteiger partial charge in [0.15, 0.2) is 5.43 Å². The lowest BCUT2D eigenvalue weighted by Gasteiger charge is -1.99. The normalized spacial score (nSPS) is 10.6. The number of aromatic amines is 1. The molecule has 2 nitrogen and oxygen atoms in total. The van der Waals surface area contributed by atoms with Gasteiger partial charge in [0, 0.05) is 11.5 Å². The number of nitrogens with one attached hydrogen (secondary N) is 1. The molecule has 0 aliphatic rings. The Morgan fingerprint density at radius 1 is 1.31 bits per heavy atom. The van der Waals surface area contributed by atoms with Crippen molar-refractivity contribution in [2.24, 2.45) is 0 Å². The predicted molar refractivity (Wildman–Crippen MR) is 54.3 cm³/mol. The molecule has 0 aliphatic carbocycles. The number of aromatic nitrogens is 1. The Morgan fingerprint density at radius 3 is 2.85 bits per heavy atom. The highest BCUT2D eigenvalue weighted by Crippen LogP contribution is 2.12. The number of H-pyrrole nitrogens is 1. The summed E-state index contributed by atoms with van der Waals surface area (Å²) in [5.74, 6) is 0. The molecule has 1 aromatic carbocycles. The van der Waals surface area contributed by atoms with Crippen molar-refractivity contribution in [2.75, 3.05) is 0 Å². The number of pyridine rings is 1. The molecule has 0 unspecified atom stereocenters. The van der Waals surface area contributed by atoms with Gasteiger partial charge in [-0.2, -0.15) is 0 Å². The van der Waals surface area contributed by atoms with Crippen LogP contribution in [0.2, 0.25) is 5.15 Å². The zero-order chi connectivity index (χ0) is 9.42. The van der Waals surface area contributed by atoms with Crippen LogP contribution in [0.4, 0.5) is 0 Å². The molecule has 1 aromatic heterocycles. The predicted octanol–water partition coefficient (Wildman–Crippen LogP) is 2.49. The van der Waals surface area contributed by atoms with Crippen molar-refractivity contribution in [3.05, 3.63) is 45.2 Å². The Morgan fingerprint density at radius 2 is 2.08 bits per heavy atom. The summed E-state index contributed by atoms with van der Waals surface area (Å²) in [5, 5.41) is 1.06. The van der Waals surface area contributed by atoms with E-state index in [2.05, 4.69) is 4.98 Å². The highest BCUT2D eigenvalue weighted by atomic mass is 35.5. The quantitative estimate of drug-likeness (QED) is 0.641. The van der Waals surface area contributed by atoms with Crippen LogP contribution in [0, 0.1) is 6.92 Å². The molecule has 0 saturated carbocycles. The first-order valence-corrected chi connectivity index (χ1v) is 4.34. The molecule has 0 aliphatic heterocycles. The van der Waals surface area contributed by atoms with Crippen LogP contribution < -0.4 is 5.43 Å². The summed E-state index contributed by atoms with van der Waals surface area (Å²) in [7, 11) is 0. The second-order valence-corrected chi connectivity index (χ2v) is 3.44. The molecule has 0 amide bonds. The van der Waals surface area contributed by atoms with Gasteiger partial charge in [-0.3, -0.25) is 4.79 Å². The summed E-state index contributed by atoms with van der Waals surface area (Å²) >= 11 is 5.71. The molecular weight excluding hydrogens is 186 g/mol. The van der Waals surface area contributed by atoms with Gasteiger partial charge in [0.2, 0.25) is 0 Å². The fourth-order valence-corrected chi connectivity index (χ4v) is 1.53. The second-order valence-electron chi connectivity index (χ2n) is 3.03. The summed E-state index contributed by atoms with van der Waals surface area (Å²) in [6.07, 6.45) is 0. The van der Waals surface area contributed by atoms with Crippen LogP contribution in [-0.2, 0) is 0 Å². The van der Waals surface area contributed by atoms with Gasteiger partial charge < -0.3 is 4.98 Å². The van der Waals surface area contributed by atoms with E-state index in [-0.39, 0.29) is 5.43 Å². The molecular formula is C10H8ClNO. The van der Waals surface area contributed by atoms with Crippen molar-refractivity contribution in [3.8, 4) is 0 Å². The lowest BCUT2D eigenvalue weighted by molar-refractivity contribution is 1.37. The fourth-order valence-electron chi connectivity index (χ4n) is 1.33. The summed E-state index contributed by atoms with van der Waals surface area (Å²) < 4.78 is 0. The first-order valence-electron chi connectivity index (χ1n) is 3.96. The van der Waals surface area contributed by atoms with E-state index < -0.39 is 0 Å². The van der Waals surface area contributed by atoms with E-state index in [9.17, 15) is 4.79 Å². The van der Waals surface area contributed by atoms with Crippen molar-refractivity contribution >= 4 is 22.5 Å². The molecule has 1 heterocycles. The lowest BCUT2D eigenvalue weighted by Crippen LogP contribution is -2.01. The maximum Gasteiger partial charge on any atom is 0.190 e. The van der Waals surface area contributed by atoms with E-state index in [1.54, 1.807) is 0 Å². The zero-order valence-corrected chi connectivity index (χ0v) is 7.85. The SMILES string of the molecule is Cc1ccc2[nH]c(Cl)cc(=O)c2c1. The monoisotopic (exact) mass is 193 g/mol. The molecule has 3 heteroatoms. The largest absolute Gasteiger partial charge is 0.345 e. The molecule has 2 aromatic rings. The number of rotatable bonds is 0.